The Morgan fingerprint density at radius 2 is 2.00 bits per heavy atom. The zero-order valence-electron chi connectivity index (χ0n) is 9.79. The first kappa shape index (κ1) is 10.7. The minimum atomic E-state index is 0.431. The summed E-state index contributed by atoms with van der Waals surface area (Å²) >= 11 is 0. The van der Waals surface area contributed by atoms with Crippen LogP contribution in [-0.2, 0) is 6.42 Å². The summed E-state index contributed by atoms with van der Waals surface area (Å²) in [5.41, 5.74) is 9.22. The third-order valence-electron chi connectivity index (χ3n) is 3.63. The molecule has 1 heteroatoms. The van der Waals surface area contributed by atoms with Crippen LogP contribution in [0.4, 0.5) is 0 Å². The largest absolute Gasteiger partial charge is 0.328 e. The second-order valence-corrected chi connectivity index (χ2v) is 5.48. The number of hydrogen-bond donors (Lipinski definition) is 1. The van der Waals surface area contributed by atoms with Gasteiger partial charge in [-0.1, -0.05) is 36.8 Å². The zero-order valence-corrected chi connectivity index (χ0v) is 9.79. The molecule has 1 aliphatic rings. The second-order valence-electron chi connectivity index (χ2n) is 5.48. The molecule has 0 saturated heterocycles. The van der Waals surface area contributed by atoms with Gasteiger partial charge in [-0.05, 0) is 43.6 Å². The van der Waals surface area contributed by atoms with Gasteiger partial charge in [-0.15, -0.1) is 0 Å². The number of hydrogen-bond acceptors (Lipinski definition) is 1. The molecular weight excluding hydrogens is 182 g/mol. The summed E-state index contributed by atoms with van der Waals surface area (Å²) in [4.78, 5) is 0. The van der Waals surface area contributed by atoms with Crippen LogP contribution in [0.1, 0.15) is 37.3 Å². The Morgan fingerprint density at radius 1 is 1.33 bits per heavy atom. The first-order chi connectivity index (χ1) is 7.07. The number of rotatable bonds is 2. The Kier molecular flexibility index (Phi) is 2.83. The van der Waals surface area contributed by atoms with Crippen molar-refractivity contribution in [3.8, 4) is 0 Å². The predicted octanol–water partition coefficient (Wildman–Crippen LogP) is 3.06. The summed E-state index contributed by atoms with van der Waals surface area (Å²) in [7, 11) is 0. The van der Waals surface area contributed by atoms with Crippen molar-refractivity contribution in [2.45, 2.75) is 45.6 Å². The van der Waals surface area contributed by atoms with E-state index in [1.807, 2.05) is 0 Å². The second kappa shape index (κ2) is 3.97. The van der Waals surface area contributed by atoms with Gasteiger partial charge < -0.3 is 5.73 Å². The van der Waals surface area contributed by atoms with Gasteiger partial charge in [0.25, 0.3) is 0 Å². The summed E-state index contributed by atoms with van der Waals surface area (Å²) in [5.74, 6) is 0. The van der Waals surface area contributed by atoms with E-state index in [1.165, 1.54) is 36.8 Å². The Bertz CT molecular complexity index is 328. The maximum atomic E-state index is 5.99. The average molecular weight is 203 g/mol. The minimum absolute atomic E-state index is 0.431. The Morgan fingerprint density at radius 3 is 2.53 bits per heavy atom. The van der Waals surface area contributed by atoms with E-state index in [0.717, 1.165) is 0 Å². The van der Waals surface area contributed by atoms with Gasteiger partial charge in [-0.2, -0.15) is 0 Å². The summed E-state index contributed by atoms with van der Waals surface area (Å²) in [6, 6.07) is 9.34. The van der Waals surface area contributed by atoms with E-state index in [2.05, 4.69) is 38.1 Å². The molecule has 0 aliphatic heterocycles. The summed E-state index contributed by atoms with van der Waals surface area (Å²) in [5, 5.41) is 0. The van der Waals surface area contributed by atoms with Crippen molar-refractivity contribution in [2.75, 3.05) is 0 Å². The van der Waals surface area contributed by atoms with Crippen LogP contribution < -0.4 is 5.73 Å². The summed E-state index contributed by atoms with van der Waals surface area (Å²) in [6.07, 6.45) is 4.84. The Hall–Kier alpha value is -0.820. The molecular formula is C14H21N. The molecule has 1 nitrogen and oxygen atoms in total. The van der Waals surface area contributed by atoms with Crippen LogP contribution in [0, 0.1) is 12.3 Å². The molecule has 1 fully saturated rings. The highest BCUT2D eigenvalue weighted by atomic mass is 14.7. The molecule has 0 bridgehead atoms. The van der Waals surface area contributed by atoms with Gasteiger partial charge >= 0.3 is 0 Å². The molecule has 2 rings (SSSR count). The van der Waals surface area contributed by atoms with Gasteiger partial charge in [-0.3, -0.25) is 0 Å². The number of aryl methyl sites for hydroxylation is 1. The van der Waals surface area contributed by atoms with E-state index in [0.29, 0.717) is 11.5 Å². The predicted molar refractivity (Wildman–Crippen MR) is 64.8 cm³/mol. The van der Waals surface area contributed by atoms with Crippen LogP contribution in [0.2, 0.25) is 0 Å². The quantitative estimate of drug-likeness (QED) is 0.785. The van der Waals surface area contributed by atoms with Crippen LogP contribution in [0.25, 0.3) is 0 Å². The molecule has 0 heterocycles. The Balaban J connectivity index is 2.05. The molecule has 0 spiro atoms. The topological polar surface area (TPSA) is 26.0 Å². The SMILES string of the molecule is Cc1ccc(CC2(C)CCC(N)C2)cc1. The molecule has 1 aliphatic carbocycles. The highest BCUT2D eigenvalue weighted by Crippen LogP contribution is 2.39. The van der Waals surface area contributed by atoms with Gasteiger partial charge in [0.1, 0.15) is 0 Å². The van der Waals surface area contributed by atoms with Crippen molar-refractivity contribution in [2.24, 2.45) is 11.1 Å². The van der Waals surface area contributed by atoms with Crippen molar-refractivity contribution < 1.29 is 0 Å². The molecule has 15 heavy (non-hydrogen) atoms. The van der Waals surface area contributed by atoms with Crippen molar-refractivity contribution in [3.05, 3.63) is 35.4 Å². The lowest BCUT2D eigenvalue weighted by molar-refractivity contribution is 0.329. The van der Waals surface area contributed by atoms with Crippen LogP contribution in [0.3, 0.4) is 0 Å². The Labute approximate surface area is 92.7 Å². The van der Waals surface area contributed by atoms with E-state index in [9.17, 15) is 0 Å². The van der Waals surface area contributed by atoms with Gasteiger partial charge in [-0.25, -0.2) is 0 Å². The number of nitrogens with two attached hydrogens (primary N) is 1. The van der Waals surface area contributed by atoms with Crippen molar-refractivity contribution in [1.29, 1.82) is 0 Å². The summed E-state index contributed by atoms with van der Waals surface area (Å²) in [6.45, 7) is 4.51. The monoisotopic (exact) mass is 203 g/mol. The van der Waals surface area contributed by atoms with Crippen LogP contribution >= 0.6 is 0 Å². The lowest BCUT2D eigenvalue weighted by atomic mass is 9.82. The highest BCUT2D eigenvalue weighted by molar-refractivity contribution is 5.22. The molecule has 82 valence electrons. The van der Waals surface area contributed by atoms with E-state index in [1.54, 1.807) is 0 Å². The normalized spacial score (nSPS) is 30.7. The standard InChI is InChI=1S/C14H21N/c1-11-3-5-12(6-4-11)9-14(2)8-7-13(15)10-14/h3-6,13H,7-10,15H2,1-2H3. The lowest BCUT2D eigenvalue weighted by Gasteiger charge is -2.23. The molecule has 2 atom stereocenters. The van der Waals surface area contributed by atoms with Gasteiger partial charge in [0.2, 0.25) is 0 Å². The first-order valence-corrected chi connectivity index (χ1v) is 5.89. The molecule has 0 amide bonds. The minimum Gasteiger partial charge on any atom is -0.328 e. The maximum Gasteiger partial charge on any atom is 0.00443 e. The number of benzene rings is 1. The molecule has 0 aromatic heterocycles. The maximum absolute atomic E-state index is 5.99. The van der Waals surface area contributed by atoms with Crippen LogP contribution in [-0.4, -0.2) is 6.04 Å². The fourth-order valence-corrected chi connectivity index (χ4v) is 2.73. The van der Waals surface area contributed by atoms with Crippen molar-refractivity contribution in [3.63, 3.8) is 0 Å². The molecule has 1 aromatic carbocycles. The van der Waals surface area contributed by atoms with Crippen LogP contribution in [0.5, 0.6) is 0 Å². The van der Waals surface area contributed by atoms with E-state index in [-0.39, 0.29) is 0 Å². The smallest absolute Gasteiger partial charge is 0.00443 e. The van der Waals surface area contributed by atoms with E-state index < -0.39 is 0 Å². The highest BCUT2D eigenvalue weighted by Gasteiger charge is 2.33. The van der Waals surface area contributed by atoms with E-state index in [4.69, 9.17) is 5.73 Å². The van der Waals surface area contributed by atoms with Gasteiger partial charge in [0, 0.05) is 6.04 Å². The zero-order chi connectivity index (χ0) is 10.9. The van der Waals surface area contributed by atoms with Gasteiger partial charge in [0.05, 0.1) is 0 Å². The van der Waals surface area contributed by atoms with Crippen LogP contribution in [0.15, 0.2) is 24.3 Å². The molecule has 0 radical (unpaired) electrons. The third-order valence-corrected chi connectivity index (χ3v) is 3.63. The summed E-state index contributed by atoms with van der Waals surface area (Å²) < 4.78 is 0. The molecule has 2 N–H and O–H groups in total. The third kappa shape index (κ3) is 2.60. The molecule has 1 saturated carbocycles. The average Bonchev–Trinajstić information content (AvgIpc) is 2.50. The fourth-order valence-electron chi connectivity index (χ4n) is 2.73. The van der Waals surface area contributed by atoms with Crippen molar-refractivity contribution >= 4 is 0 Å². The van der Waals surface area contributed by atoms with Crippen molar-refractivity contribution in [1.82, 2.24) is 0 Å². The molecule has 1 aromatic rings. The van der Waals surface area contributed by atoms with E-state index >= 15 is 0 Å². The molecule has 2 unspecified atom stereocenters. The lowest BCUT2D eigenvalue weighted by Crippen LogP contribution is -2.21. The fraction of sp³-hybridized carbons (Fsp3) is 0.571. The first-order valence-electron chi connectivity index (χ1n) is 5.89. The van der Waals surface area contributed by atoms with Gasteiger partial charge in [0.15, 0.2) is 0 Å².